The van der Waals surface area contributed by atoms with Crippen LogP contribution in [0.15, 0.2) is 60.0 Å². The van der Waals surface area contributed by atoms with Crippen LogP contribution < -0.4 is 0 Å². The molecular weight excluding hydrogens is 337 g/mol. The van der Waals surface area contributed by atoms with Gasteiger partial charge in [-0.15, -0.1) is 0 Å². The number of aromatic nitrogens is 2. The predicted molar refractivity (Wildman–Crippen MR) is 111 cm³/mol. The molecule has 1 atom stereocenters. The van der Waals surface area contributed by atoms with Gasteiger partial charge in [0, 0.05) is 18.6 Å². The van der Waals surface area contributed by atoms with Gasteiger partial charge in [-0.3, -0.25) is 4.99 Å². The zero-order valence-corrected chi connectivity index (χ0v) is 16.7. The molecule has 2 aromatic rings. The zero-order chi connectivity index (χ0) is 19.8. The number of aryl methyl sites for hydroxylation is 2. The maximum Gasteiger partial charge on any atom is 0.173 e. The highest BCUT2D eigenvalue weighted by atomic mass is 19.1. The molecule has 0 aliphatic carbocycles. The molecule has 0 fully saturated rings. The van der Waals surface area contributed by atoms with E-state index in [9.17, 15) is 4.39 Å². The van der Waals surface area contributed by atoms with Crippen LogP contribution in [-0.4, -0.2) is 15.7 Å². The molecule has 0 saturated heterocycles. The van der Waals surface area contributed by atoms with E-state index >= 15 is 0 Å². The number of allylic oxidation sites excluding steroid dienone is 2. The molecule has 1 aromatic carbocycles. The second kappa shape index (κ2) is 9.91. The molecule has 0 N–H and O–H groups in total. The quantitative estimate of drug-likeness (QED) is 0.428. The third kappa shape index (κ3) is 5.68. The average Bonchev–Trinajstić information content (AvgIpc) is 2.68. The number of hydrogen-bond donors (Lipinski definition) is 0. The lowest BCUT2D eigenvalue weighted by atomic mass is 9.87. The van der Waals surface area contributed by atoms with Gasteiger partial charge in [-0.25, -0.2) is 14.4 Å². The van der Waals surface area contributed by atoms with Crippen molar-refractivity contribution in [3.8, 4) is 0 Å². The molecule has 3 nitrogen and oxygen atoms in total. The number of nitrogens with zero attached hydrogens (tertiary/aromatic N) is 3. The third-order valence-electron chi connectivity index (χ3n) is 4.59. The number of hydrogen-bond acceptors (Lipinski definition) is 3. The minimum atomic E-state index is -0.128. The molecule has 4 heteroatoms. The van der Waals surface area contributed by atoms with Gasteiger partial charge in [-0.2, -0.15) is 0 Å². The van der Waals surface area contributed by atoms with Crippen LogP contribution in [-0.2, 0) is 6.42 Å². The number of rotatable bonds is 8. The second-order valence-electron chi connectivity index (χ2n) is 6.85. The Morgan fingerprint density at radius 3 is 2.63 bits per heavy atom. The summed E-state index contributed by atoms with van der Waals surface area (Å²) in [6, 6.07) is 5.46. The lowest BCUT2D eigenvalue weighted by Gasteiger charge is -2.18. The van der Waals surface area contributed by atoms with Crippen molar-refractivity contribution < 1.29 is 4.39 Å². The van der Waals surface area contributed by atoms with Crippen molar-refractivity contribution in [2.45, 2.75) is 52.9 Å². The molecule has 0 aliphatic heterocycles. The molecule has 142 valence electrons. The van der Waals surface area contributed by atoms with Gasteiger partial charge in [-0.1, -0.05) is 39.0 Å². The van der Waals surface area contributed by atoms with Crippen LogP contribution in [0, 0.1) is 12.7 Å². The van der Waals surface area contributed by atoms with Crippen molar-refractivity contribution in [3.63, 3.8) is 0 Å². The van der Waals surface area contributed by atoms with Crippen LogP contribution in [0.4, 0.5) is 4.39 Å². The molecule has 1 heterocycles. The SMILES string of the molecule is C=C/C(=C\N=C(C)c1ncccn1)CC(C)c1cc(C)c(F)cc1CCC. The number of halogens is 1. The summed E-state index contributed by atoms with van der Waals surface area (Å²) in [5, 5.41) is 0. The summed E-state index contributed by atoms with van der Waals surface area (Å²) in [6.07, 6.45) is 9.72. The summed E-state index contributed by atoms with van der Waals surface area (Å²) in [5.41, 5.74) is 4.77. The summed E-state index contributed by atoms with van der Waals surface area (Å²) < 4.78 is 14.0. The van der Waals surface area contributed by atoms with E-state index in [1.165, 1.54) is 5.56 Å². The first-order valence-electron chi connectivity index (χ1n) is 9.38. The Labute approximate surface area is 161 Å². The summed E-state index contributed by atoms with van der Waals surface area (Å²) in [5.74, 6) is 0.736. The molecule has 0 amide bonds. The standard InChI is InChI=1S/C23H28FN3/c1-6-9-20-14-22(24)17(4)13-21(20)16(3)12-19(7-2)15-27-18(5)23-25-10-8-11-26-23/h7-8,10-11,13-16H,2,6,9,12H2,1,3-5H3/b19-15+,27-18?. The fourth-order valence-electron chi connectivity index (χ4n) is 3.07. The molecular formula is C23H28FN3. The highest BCUT2D eigenvalue weighted by Crippen LogP contribution is 2.29. The molecule has 0 radical (unpaired) electrons. The first-order valence-corrected chi connectivity index (χ1v) is 9.38. The zero-order valence-electron chi connectivity index (χ0n) is 16.7. The normalized spacial score (nSPS) is 13.5. The Morgan fingerprint density at radius 2 is 2.00 bits per heavy atom. The molecule has 0 bridgehead atoms. The molecule has 0 spiro atoms. The Hall–Kier alpha value is -2.62. The van der Waals surface area contributed by atoms with Crippen molar-refractivity contribution in [2.75, 3.05) is 0 Å². The van der Waals surface area contributed by atoms with Crippen molar-refractivity contribution >= 4 is 5.71 Å². The Bertz CT molecular complexity index is 838. The maximum atomic E-state index is 14.0. The van der Waals surface area contributed by atoms with Crippen molar-refractivity contribution in [2.24, 2.45) is 4.99 Å². The highest BCUT2D eigenvalue weighted by Gasteiger charge is 2.14. The van der Waals surface area contributed by atoms with E-state index < -0.39 is 0 Å². The van der Waals surface area contributed by atoms with Crippen LogP contribution in [0.1, 0.15) is 62.0 Å². The predicted octanol–water partition coefficient (Wildman–Crippen LogP) is 5.95. The van der Waals surface area contributed by atoms with Crippen molar-refractivity contribution in [1.82, 2.24) is 9.97 Å². The van der Waals surface area contributed by atoms with Gasteiger partial charge >= 0.3 is 0 Å². The van der Waals surface area contributed by atoms with Gasteiger partial charge < -0.3 is 0 Å². The Balaban J connectivity index is 2.23. The molecule has 27 heavy (non-hydrogen) atoms. The first-order chi connectivity index (χ1) is 13.0. The van der Waals surface area contributed by atoms with Gasteiger partial charge in [-0.05, 0) is 67.0 Å². The fraction of sp³-hybridized carbons (Fsp3) is 0.348. The van der Waals surface area contributed by atoms with E-state index in [4.69, 9.17) is 0 Å². The summed E-state index contributed by atoms with van der Waals surface area (Å²) >= 11 is 0. The largest absolute Gasteiger partial charge is 0.257 e. The number of benzene rings is 1. The van der Waals surface area contributed by atoms with E-state index in [1.807, 2.05) is 32.2 Å². The minimum Gasteiger partial charge on any atom is -0.257 e. The molecule has 0 saturated carbocycles. The Morgan fingerprint density at radius 1 is 1.30 bits per heavy atom. The molecule has 1 unspecified atom stereocenters. The minimum absolute atomic E-state index is 0.128. The van der Waals surface area contributed by atoms with Gasteiger partial charge in [0.15, 0.2) is 5.82 Å². The first kappa shape index (κ1) is 20.7. The van der Waals surface area contributed by atoms with E-state index in [0.717, 1.165) is 36.1 Å². The Kier molecular flexibility index (Phi) is 7.59. The van der Waals surface area contributed by atoms with Crippen LogP contribution >= 0.6 is 0 Å². The van der Waals surface area contributed by atoms with Crippen molar-refractivity contribution in [1.29, 1.82) is 0 Å². The molecule has 0 aliphatic rings. The third-order valence-corrected chi connectivity index (χ3v) is 4.59. The van der Waals surface area contributed by atoms with E-state index in [1.54, 1.807) is 24.5 Å². The summed E-state index contributed by atoms with van der Waals surface area (Å²) in [6.45, 7) is 11.9. The fourth-order valence-corrected chi connectivity index (χ4v) is 3.07. The lowest BCUT2D eigenvalue weighted by Crippen LogP contribution is -2.03. The van der Waals surface area contributed by atoms with Crippen molar-refractivity contribution in [3.05, 3.63) is 83.4 Å². The van der Waals surface area contributed by atoms with Crippen LogP contribution in [0.25, 0.3) is 0 Å². The van der Waals surface area contributed by atoms with Crippen LogP contribution in [0.2, 0.25) is 0 Å². The van der Waals surface area contributed by atoms with Gasteiger partial charge in [0.25, 0.3) is 0 Å². The highest BCUT2D eigenvalue weighted by molar-refractivity contribution is 5.95. The summed E-state index contributed by atoms with van der Waals surface area (Å²) in [7, 11) is 0. The van der Waals surface area contributed by atoms with E-state index in [-0.39, 0.29) is 11.7 Å². The monoisotopic (exact) mass is 365 g/mol. The maximum absolute atomic E-state index is 14.0. The van der Waals surface area contributed by atoms with Gasteiger partial charge in [0.1, 0.15) is 5.82 Å². The summed E-state index contributed by atoms with van der Waals surface area (Å²) in [4.78, 5) is 12.9. The number of aliphatic imine (C=N–C) groups is 1. The van der Waals surface area contributed by atoms with Crippen LogP contribution in [0.3, 0.4) is 0 Å². The second-order valence-corrected chi connectivity index (χ2v) is 6.85. The van der Waals surface area contributed by atoms with Gasteiger partial charge in [0.05, 0.1) is 5.71 Å². The lowest BCUT2D eigenvalue weighted by molar-refractivity contribution is 0.611. The van der Waals surface area contributed by atoms with Gasteiger partial charge in [0.2, 0.25) is 0 Å². The smallest absolute Gasteiger partial charge is 0.173 e. The topological polar surface area (TPSA) is 38.1 Å². The average molecular weight is 365 g/mol. The van der Waals surface area contributed by atoms with E-state index in [2.05, 4.69) is 35.4 Å². The van der Waals surface area contributed by atoms with E-state index in [0.29, 0.717) is 11.4 Å². The molecule has 1 aromatic heterocycles. The van der Waals surface area contributed by atoms with Crippen LogP contribution in [0.5, 0.6) is 0 Å². The molecule has 2 rings (SSSR count).